The molecule has 0 fully saturated rings. The maximum Gasteiger partial charge on any atom is 0.0641 e. The summed E-state index contributed by atoms with van der Waals surface area (Å²) < 4.78 is 6.41. The average Bonchev–Trinajstić information content (AvgIpc) is 2.29. The van der Waals surface area contributed by atoms with Gasteiger partial charge in [0, 0.05) is 30.6 Å². The molecule has 0 spiro atoms. The smallest absolute Gasteiger partial charge is 0.0641 e. The van der Waals surface area contributed by atoms with Crippen molar-refractivity contribution < 1.29 is 4.74 Å². The Morgan fingerprint density at radius 1 is 1.44 bits per heavy atom. The number of nitrogens with zero attached hydrogens (tertiary/aromatic N) is 1. The van der Waals surface area contributed by atoms with Crippen LogP contribution in [0.2, 0.25) is 0 Å². The molecule has 0 aliphatic heterocycles. The van der Waals surface area contributed by atoms with Gasteiger partial charge in [0.2, 0.25) is 0 Å². The molecule has 0 amide bonds. The molecule has 0 heterocycles. The topological polar surface area (TPSA) is 12.5 Å². The zero-order valence-corrected chi connectivity index (χ0v) is 12.0. The van der Waals surface area contributed by atoms with Gasteiger partial charge in [0.05, 0.1) is 12.3 Å². The Morgan fingerprint density at radius 2 is 2.19 bits per heavy atom. The predicted octanol–water partition coefficient (Wildman–Crippen LogP) is 3.66. The van der Waals surface area contributed by atoms with Crippen molar-refractivity contribution in [3.63, 3.8) is 0 Å². The third kappa shape index (κ3) is 3.96. The summed E-state index contributed by atoms with van der Waals surface area (Å²) in [5.74, 6) is 0.543. The number of halogens is 2. The molecule has 1 rings (SSSR count). The molecule has 0 radical (unpaired) electrons. The van der Waals surface area contributed by atoms with Crippen molar-refractivity contribution in [3.8, 4) is 0 Å². The van der Waals surface area contributed by atoms with Gasteiger partial charge in [-0.25, -0.2) is 0 Å². The van der Waals surface area contributed by atoms with Crippen molar-refractivity contribution in [3.05, 3.63) is 28.2 Å². The van der Waals surface area contributed by atoms with Crippen LogP contribution in [0.25, 0.3) is 0 Å². The van der Waals surface area contributed by atoms with Crippen LogP contribution in [0.5, 0.6) is 0 Å². The van der Waals surface area contributed by atoms with Gasteiger partial charge in [-0.15, -0.1) is 11.6 Å². The van der Waals surface area contributed by atoms with Gasteiger partial charge in [-0.2, -0.15) is 0 Å². The van der Waals surface area contributed by atoms with E-state index in [0.29, 0.717) is 5.88 Å². The van der Waals surface area contributed by atoms with E-state index in [-0.39, 0.29) is 0 Å². The Bertz CT molecular complexity index is 333. The van der Waals surface area contributed by atoms with E-state index in [0.717, 1.165) is 35.5 Å². The first-order valence-corrected chi connectivity index (χ1v) is 6.65. The number of rotatable bonds is 6. The lowest BCUT2D eigenvalue weighted by molar-refractivity contribution is 0.154. The third-order valence-electron chi connectivity index (χ3n) is 2.35. The zero-order chi connectivity index (χ0) is 12.0. The number of likely N-dealkylation sites (N-methyl/N-ethyl adjacent to an activating group) is 1. The van der Waals surface area contributed by atoms with E-state index in [1.165, 1.54) is 0 Å². The van der Waals surface area contributed by atoms with Crippen molar-refractivity contribution in [1.82, 2.24) is 0 Å². The van der Waals surface area contributed by atoms with E-state index in [9.17, 15) is 0 Å². The van der Waals surface area contributed by atoms with Crippen molar-refractivity contribution in [1.29, 1.82) is 0 Å². The van der Waals surface area contributed by atoms with Gasteiger partial charge in [0.25, 0.3) is 0 Å². The van der Waals surface area contributed by atoms with Gasteiger partial charge in [-0.3, -0.25) is 0 Å². The fourth-order valence-corrected chi connectivity index (χ4v) is 2.30. The molecule has 0 saturated carbocycles. The molecule has 0 saturated heterocycles. The molecule has 0 atom stereocenters. The Hall–Kier alpha value is -0.250. The van der Waals surface area contributed by atoms with Crippen molar-refractivity contribution in [2.45, 2.75) is 12.8 Å². The summed E-state index contributed by atoms with van der Waals surface area (Å²) in [6.45, 7) is 4.40. The minimum atomic E-state index is 0.543. The molecule has 2 nitrogen and oxygen atoms in total. The summed E-state index contributed by atoms with van der Waals surface area (Å²) >= 11 is 9.34. The summed E-state index contributed by atoms with van der Waals surface area (Å²) in [6, 6.07) is 6.18. The molecule has 0 aromatic heterocycles. The number of hydrogen-bond donors (Lipinski definition) is 0. The highest BCUT2D eigenvalue weighted by atomic mass is 79.9. The molecule has 16 heavy (non-hydrogen) atoms. The number of anilines is 1. The summed E-state index contributed by atoms with van der Waals surface area (Å²) in [7, 11) is 2.06. The predicted molar refractivity (Wildman–Crippen MR) is 73.5 cm³/mol. The van der Waals surface area contributed by atoms with Gasteiger partial charge >= 0.3 is 0 Å². The molecule has 90 valence electrons. The monoisotopic (exact) mass is 305 g/mol. The van der Waals surface area contributed by atoms with Crippen LogP contribution in [0.15, 0.2) is 22.7 Å². The van der Waals surface area contributed by atoms with Gasteiger partial charge in [0.15, 0.2) is 0 Å². The normalized spacial score (nSPS) is 10.5. The Labute approximate surface area is 111 Å². The van der Waals surface area contributed by atoms with Crippen molar-refractivity contribution in [2.24, 2.45) is 0 Å². The maximum atomic E-state index is 5.78. The molecular weight excluding hydrogens is 289 g/mol. The lowest BCUT2D eigenvalue weighted by atomic mass is 10.2. The van der Waals surface area contributed by atoms with Crippen LogP contribution in [-0.2, 0) is 10.6 Å². The Balaban J connectivity index is 2.64. The summed E-state index contributed by atoms with van der Waals surface area (Å²) in [5, 5.41) is 0. The lowest BCUT2D eigenvalue weighted by Gasteiger charge is -2.20. The van der Waals surface area contributed by atoms with Crippen LogP contribution in [0.1, 0.15) is 12.5 Å². The second-order valence-electron chi connectivity index (χ2n) is 3.54. The van der Waals surface area contributed by atoms with Crippen LogP contribution < -0.4 is 4.90 Å². The molecule has 0 bridgehead atoms. The lowest BCUT2D eigenvalue weighted by Crippen LogP contribution is -2.22. The van der Waals surface area contributed by atoms with Crippen LogP contribution in [0.3, 0.4) is 0 Å². The number of ether oxygens (including phenoxy) is 1. The maximum absolute atomic E-state index is 5.78. The average molecular weight is 307 g/mol. The summed E-state index contributed by atoms with van der Waals surface area (Å²) in [4.78, 5) is 2.16. The van der Waals surface area contributed by atoms with E-state index in [1.807, 2.05) is 13.0 Å². The number of alkyl halides is 1. The highest BCUT2D eigenvalue weighted by Gasteiger charge is 2.06. The van der Waals surface area contributed by atoms with E-state index in [2.05, 4.69) is 40.0 Å². The minimum Gasteiger partial charge on any atom is -0.380 e. The Morgan fingerprint density at radius 3 is 2.75 bits per heavy atom. The largest absolute Gasteiger partial charge is 0.380 e. The fourth-order valence-electron chi connectivity index (χ4n) is 1.41. The van der Waals surface area contributed by atoms with Crippen LogP contribution >= 0.6 is 27.5 Å². The molecule has 4 heteroatoms. The molecule has 0 unspecified atom stereocenters. The Kier molecular flexibility index (Phi) is 6.17. The van der Waals surface area contributed by atoms with Crippen LogP contribution in [0, 0.1) is 0 Å². The molecular formula is C12H17BrClNO. The van der Waals surface area contributed by atoms with E-state index >= 15 is 0 Å². The number of benzene rings is 1. The SMILES string of the molecule is CCOCCN(C)c1ccc(CCl)cc1Br. The van der Waals surface area contributed by atoms with Crippen molar-refractivity contribution >= 4 is 33.2 Å². The number of hydrogen-bond acceptors (Lipinski definition) is 2. The first kappa shape index (κ1) is 13.8. The minimum absolute atomic E-state index is 0.543. The van der Waals surface area contributed by atoms with Gasteiger partial charge < -0.3 is 9.64 Å². The second-order valence-corrected chi connectivity index (χ2v) is 4.66. The molecule has 0 N–H and O–H groups in total. The second kappa shape index (κ2) is 7.15. The van der Waals surface area contributed by atoms with Crippen molar-refractivity contribution in [2.75, 3.05) is 31.7 Å². The molecule has 1 aromatic rings. The van der Waals surface area contributed by atoms with E-state index in [4.69, 9.17) is 16.3 Å². The third-order valence-corrected chi connectivity index (χ3v) is 3.30. The highest BCUT2D eigenvalue weighted by Crippen LogP contribution is 2.26. The van der Waals surface area contributed by atoms with Crippen LogP contribution in [0.4, 0.5) is 5.69 Å². The first-order valence-electron chi connectivity index (χ1n) is 5.32. The summed E-state index contributed by atoms with van der Waals surface area (Å²) in [5.41, 5.74) is 2.28. The fraction of sp³-hybridized carbons (Fsp3) is 0.500. The van der Waals surface area contributed by atoms with E-state index < -0.39 is 0 Å². The molecule has 1 aromatic carbocycles. The van der Waals surface area contributed by atoms with Crippen LogP contribution in [-0.4, -0.2) is 26.8 Å². The molecule has 0 aliphatic rings. The summed E-state index contributed by atoms with van der Waals surface area (Å²) in [6.07, 6.45) is 0. The van der Waals surface area contributed by atoms with Gasteiger partial charge in [-0.1, -0.05) is 6.07 Å². The highest BCUT2D eigenvalue weighted by molar-refractivity contribution is 9.10. The first-order chi connectivity index (χ1) is 7.69. The van der Waals surface area contributed by atoms with Gasteiger partial charge in [0.1, 0.15) is 0 Å². The van der Waals surface area contributed by atoms with E-state index in [1.54, 1.807) is 0 Å². The standard InChI is InChI=1S/C12H17BrClNO/c1-3-16-7-6-15(2)12-5-4-10(9-14)8-11(12)13/h4-5,8H,3,6-7,9H2,1-2H3. The quantitative estimate of drug-likeness (QED) is 0.587. The molecule has 0 aliphatic carbocycles. The zero-order valence-electron chi connectivity index (χ0n) is 9.67. The van der Waals surface area contributed by atoms with Gasteiger partial charge in [-0.05, 0) is 40.5 Å².